The number of hydrogen-bond acceptors (Lipinski definition) is 2. The maximum atomic E-state index is 12.6. The van der Waals surface area contributed by atoms with E-state index in [1.807, 2.05) is 0 Å². The van der Waals surface area contributed by atoms with E-state index >= 15 is 0 Å². The van der Waals surface area contributed by atoms with Gasteiger partial charge in [0.1, 0.15) is 5.15 Å². The second kappa shape index (κ2) is 2.68. The molecule has 60 valence electrons. The number of hydrogen-bond donors (Lipinski definition) is 0. The molecule has 0 unspecified atom stereocenters. The molecule has 12 heavy (non-hydrogen) atoms. The molecule has 0 fully saturated rings. The fourth-order valence-corrected chi connectivity index (χ4v) is 1.13. The predicted octanol–water partition coefficient (Wildman–Crippen LogP) is 2.42. The minimum absolute atomic E-state index is 0.385. The summed E-state index contributed by atoms with van der Waals surface area (Å²) in [6, 6.07) is 4.64. The summed E-state index contributed by atoms with van der Waals surface area (Å²) < 4.78 is 12.6. The summed E-state index contributed by atoms with van der Waals surface area (Å²) in [6.07, 6.45) is 1.36. The number of fused-ring (bicyclic) bond motifs is 1. The van der Waals surface area contributed by atoms with Crippen LogP contribution < -0.4 is 0 Å². The van der Waals surface area contributed by atoms with Gasteiger partial charge in [-0.15, -0.1) is 0 Å². The second-order valence-corrected chi connectivity index (χ2v) is 2.72. The Hall–Kier alpha value is -1.22. The van der Waals surface area contributed by atoms with Crippen molar-refractivity contribution in [2.75, 3.05) is 0 Å². The van der Waals surface area contributed by atoms with Gasteiger partial charge in [0.05, 0.1) is 11.7 Å². The molecular weight excluding hydrogens is 179 g/mol. The van der Waals surface area contributed by atoms with Crippen LogP contribution in [0.3, 0.4) is 0 Å². The third-order valence-corrected chi connectivity index (χ3v) is 1.72. The maximum Gasteiger partial charge on any atom is 0.213 e. The maximum absolute atomic E-state index is 12.6. The van der Waals surface area contributed by atoms with Crippen molar-refractivity contribution in [1.82, 2.24) is 9.97 Å². The molecule has 0 aliphatic carbocycles. The van der Waals surface area contributed by atoms with Crippen LogP contribution in [-0.2, 0) is 0 Å². The number of halogens is 2. The van der Waals surface area contributed by atoms with Crippen LogP contribution in [0.5, 0.6) is 0 Å². The van der Waals surface area contributed by atoms with Crippen LogP contribution >= 0.6 is 11.6 Å². The molecule has 4 heteroatoms. The molecule has 0 aliphatic heterocycles. The van der Waals surface area contributed by atoms with Crippen molar-refractivity contribution < 1.29 is 4.39 Å². The highest BCUT2D eigenvalue weighted by Gasteiger charge is 1.98. The van der Waals surface area contributed by atoms with E-state index in [9.17, 15) is 4.39 Å². The van der Waals surface area contributed by atoms with Crippen LogP contribution in [0.1, 0.15) is 0 Å². The van der Waals surface area contributed by atoms with Crippen LogP contribution in [0, 0.1) is 5.95 Å². The Morgan fingerprint density at radius 2 is 2.17 bits per heavy atom. The molecule has 0 N–H and O–H groups in total. The Balaban J connectivity index is 2.79. The summed E-state index contributed by atoms with van der Waals surface area (Å²) >= 11 is 5.63. The van der Waals surface area contributed by atoms with Gasteiger partial charge < -0.3 is 0 Å². The average molecular weight is 183 g/mol. The van der Waals surface area contributed by atoms with Crippen molar-refractivity contribution in [1.29, 1.82) is 0 Å². The van der Waals surface area contributed by atoms with Crippen molar-refractivity contribution in [2.24, 2.45) is 0 Å². The molecule has 0 saturated carbocycles. The van der Waals surface area contributed by atoms with E-state index in [1.54, 1.807) is 12.1 Å². The van der Waals surface area contributed by atoms with Crippen LogP contribution in [0.4, 0.5) is 4.39 Å². The predicted molar refractivity (Wildman–Crippen MR) is 44.5 cm³/mol. The number of nitrogens with zero attached hydrogens (tertiary/aromatic N) is 2. The third kappa shape index (κ3) is 1.23. The van der Waals surface area contributed by atoms with Crippen molar-refractivity contribution in [3.8, 4) is 0 Å². The summed E-state index contributed by atoms with van der Waals surface area (Å²) in [4.78, 5) is 7.41. The Bertz CT molecular complexity index is 389. The highest BCUT2D eigenvalue weighted by atomic mass is 35.5. The van der Waals surface area contributed by atoms with Gasteiger partial charge in [-0.3, -0.25) is 0 Å². The molecule has 2 aromatic rings. The first-order valence-electron chi connectivity index (χ1n) is 3.33. The van der Waals surface area contributed by atoms with Crippen LogP contribution in [0.15, 0.2) is 24.4 Å². The molecule has 2 heterocycles. The van der Waals surface area contributed by atoms with Crippen LogP contribution in [0.25, 0.3) is 10.9 Å². The SMILES string of the molecule is Fc1cc2ccc(Cl)nc2cn1. The Labute approximate surface area is 73.0 Å². The van der Waals surface area contributed by atoms with Crippen molar-refractivity contribution >= 4 is 22.5 Å². The Morgan fingerprint density at radius 1 is 1.33 bits per heavy atom. The molecule has 0 bridgehead atoms. The molecular formula is C8H4ClFN2. The first-order valence-corrected chi connectivity index (χ1v) is 3.71. The highest BCUT2D eigenvalue weighted by Crippen LogP contribution is 2.14. The summed E-state index contributed by atoms with van der Waals surface area (Å²) in [5.41, 5.74) is 0.601. The average Bonchev–Trinajstić information content (AvgIpc) is 2.05. The summed E-state index contributed by atoms with van der Waals surface area (Å²) in [5, 5.41) is 1.09. The zero-order valence-electron chi connectivity index (χ0n) is 5.96. The number of aromatic nitrogens is 2. The van der Waals surface area contributed by atoms with Gasteiger partial charge in [-0.25, -0.2) is 9.97 Å². The van der Waals surface area contributed by atoms with E-state index in [-0.39, 0.29) is 0 Å². The van der Waals surface area contributed by atoms with Gasteiger partial charge in [-0.1, -0.05) is 11.6 Å². The molecule has 0 aliphatic rings. The summed E-state index contributed by atoms with van der Waals surface area (Å²) in [7, 11) is 0. The molecule has 2 nitrogen and oxygen atoms in total. The van der Waals surface area contributed by atoms with E-state index in [0.29, 0.717) is 16.1 Å². The van der Waals surface area contributed by atoms with Crippen molar-refractivity contribution in [3.63, 3.8) is 0 Å². The molecule has 2 rings (SSSR count). The summed E-state index contributed by atoms with van der Waals surface area (Å²) in [6.45, 7) is 0. The lowest BCUT2D eigenvalue weighted by atomic mass is 10.3. The lowest BCUT2D eigenvalue weighted by molar-refractivity contribution is 0.586. The molecule has 0 saturated heterocycles. The third-order valence-electron chi connectivity index (χ3n) is 1.51. The van der Waals surface area contributed by atoms with Gasteiger partial charge in [0.25, 0.3) is 0 Å². The van der Waals surface area contributed by atoms with E-state index in [2.05, 4.69) is 9.97 Å². The molecule has 0 spiro atoms. The first kappa shape index (κ1) is 7.43. The molecule has 0 atom stereocenters. The zero-order valence-corrected chi connectivity index (χ0v) is 6.72. The van der Waals surface area contributed by atoms with Gasteiger partial charge in [-0.05, 0) is 12.1 Å². The minimum atomic E-state index is -0.508. The van der Waals surface area contributed by atoms with Crippen LogP contribution in [-0.4, -0.2) is 9.97 Å². The second-order valence-electron chi connectivity index (χ2n) is 2.33. The van der Waals surface area contributed by atoms with Gasteiger partial charge in [-0.2, -0.15) is 4.39 Å². The van der Waals surface area contributed by atoms with E-state index in [1.165, 1.54) is 12.3 Å². The van der Waals surface area contributed by atoms with Gasteiger partial charge in [0, 0.05) is 11.5 Å². The van der Waals surface area contributed by atoms with Gasteiger partial charge >= 0.3 is 0 Å². The lowest BCUT2D eigenvalue weighted by Gasteiger charge is -1.95. The molecule has 0 amide bonds. The van der Waals surface area contributed by atoms with Crippen LogP contribution in [0.2, 0.25) is 5.15 Å². The number of rotatable bonds is 0. The quantitative estimate of drug-likeness (QED) is 0.585. The highest BCUT2D eigenvalue weighted by molar-refractivity contribution is 6.29. The fourth-order valence-electron chi connectivity index (χ4n) is 0.975. The summed E-state index contributed by atoms with van der Waals surface area (Å²) in [5.74, 6) is -0.508. The smallest absolute Gasteiger partial charge is 0.213 e. The van der Waals surface area contributed by atoms with E-state index in [4.69, 9.17) is 11.6 Å². The Morgan fingerprint density at radius 3 is 3.00 bits per heavy atom. The minimum Gasteiger partial charge on any atom is -0.234 e. The topological polar surface area (TPSA) is 25.8 Å². The Kier molecular flexibility index (Phi) is 1.66. The molecule has 0 aromatic carbocycles. The van der Waals surface area contributed by atoms with Gasteiger partial charge in [0.2, 0.25) is 5.95 Å². The normalized spacial score (nSPS) is 10.5. The fraction of sp³-hybridized carbons (Fsp3) is 0. The number of pyridine rings is 2. The van der Waals surface area contributed by atoms with E-state index < -0.39 is 5.95 Å². The largest absolute Gasteiger partial charge is 0.234 e. The zero-order chi connectivity index (χ0) is 8.55. The monoisotopic (exact) mass is 182 g/mol. The lowest BCUT2D eigenvalue weighted by Crippen LogP contribution is -1.84. The van der Waals surface area contributed by atoms with Crippen molar-refractivity contribution in [3.05, 3.63) is 35.5 Å². The molecule has 0 radical (unpaired) electrons. The van der Waals surface area contributed by atoms with Gasteiger partial charge in [0.15, 0.2) is 0 Å². The van der Waals surface area contributed by atoms with E-state index in [0.717, 1.165) is 0 Å². The first-order chi connectivity index (χ1) is 5.75. The molecule has 2 aromatic heterocycles. The standard InChI is InChI=1S/C8H4ClFN2/c9-7-2-1-5-3-8(10)11-4-6(5)12-7/h1-4H. The van der Waals surface area contributed by atoms with Crippen molar-refractivity contribution in [2.45, 2.75) is 0 Å².